The lowest BCUT2D eigenvalue weighted by Gasteiger charge is -2.21. The number of furan rings is 1. The van der Waals surface area contributed by atoms with E-state index in [1.54, 1.807) is 37.3 Å². The maximum atomic E-state index is 13.6. The Hall–Kier alpha value is -1.81. The van der Waals surface area contributed by atoms with Crippen molar-refractivity contribution in [2.24, 2.45) is 4.99 Å². The van der Waals surface area contributed by atoms with Crippen molar-refractivity contribution in [1.29, 1.82) is 0 Å². The number of hydrogen-bond donors (Lipinski definition) is 3. The molecule has 3 N–H and O–H groups in total. The third-order valence-corrected chi connectivity index (χ3v) is 3.66. The molecule has 2 rings (SSSR count). The van der Waals surface area contributed by atoms with Crippen LogP contribution in [0.5, 0.6) is 5.75 Å². The van der Waals surface area contributed by atoms with Crippen LogP contribution in [0.2, 0.25) is 0 Å². The first-order valence-corrected chi connectivity index (χ1v) is 8.62. The molecule has 0 saturated carbocycles. The summed E-state index contributed by atoms with van der Waals surface area (Å²) >= 11 is 0. The Balaban J connectivity index is 0.00000364. The molecule has 1 aromatic heterocycles. The van der Waals surface area contributed by atoms with Crippen molar-refractivity contribution in [3.05, 3.63) is 54.2 Å². The van der Waals surface area contributed by atoms with E-state index in [0.29, 0.717) is 24.8 Å². The zero-order valence-corrected chi connectivity index (χ0v) is 18.1. The maximum Gasteiger partial charge on any atom is 0.191 e. The van der Waals surface area contributed by atoms with Crippen LogP contribution >= 0.6 is 24.0 Å². The van der Waals surface area contributed by atoms with Gasteiger partial charge < -0.3 is 24.9 Å². The molecule has 0 fully saturated rings. The van der Waals surface area contributed by atoms with Gasteiger partial charge in [0.2, 0.25) is 0 Å². The van der Waals surface area contributed by atoms with E-state index >= 15 is 0 Å². The molecule has 0 radical (unpaired) electrons. The fourth-order valence-corrected chi connectivity index (χ4v) is 2.28. The van der Waals surface area contributed by atoms with Crippen molar-refractivity contribution in [2.75, 3.05) is 19.6 Å². The molecule has 6 nitrogen and oxygen atoms in total. The Labute approximate surface area is 176 Å². The maximum absolute atomic E-state index is 13.6. The summed E-state index contributed by atoms with van der Waals surface area (Å²) < 4.78 is 24.5. The Morgan fingerprint density at radius 1 is 1.30 bits per heavy atom. The van der Waals surface area contributed by atoms with Crippen LogP contribution in [0.15, 0.2) is 52.1 Å². The summed E-state index contributed by atoms with van der Waals surface area (Å²) in [6, 6.07) is 9.72. The number of nitrogens with zero attached hydrogens (tertiary/aromatic N) is 1. The minimum absolute atomic E-state index is 0. The number of halogens is 2. The Morgan fingerprint density at radius 2 is 2.04 bits per heavy atom. The molecule has 1 aromatic carbocycles. The van der Waals surface area contributed by atoms with Crippen molar-refractivity contribution in [1.82, 2.24) is 10.6 Å². The topological polar surface area (TPSA) is 79.0 Å². The van der Waals surface area contributed by atoms with Gasteiger partial charge in [0.15, 0.2) is 17.5 Å². The van der Waals surface area contributed by atoms with Crippen LogP contribution in [-0.4, -0.2) is 36.8 Å². The number of para-hydroxylation sites is 1. The van der Waals surface area contributed by atoms with E-state index in [-0.39, 0.29) is 42.4 Å². The summed E-state index contributed by atoms with van der Waals surface area (Å²) in [5.74, 6) is 0.801. The molecule has 1 heterocycles. The van der Waals surface area contributed by atoms with E-state index in [9.17, 15) is 9.50 Å². The summed E-state index contributed by atoms with van der Waals surface area (Å²) in [6.45, 7) is 6.63. The average Bonchev–Trinajstić information content (AvgIpc) is 3.15. The Morgan fingerprint density at radius 3 is 2.67 bits per heavy atom. The molecule has 2 unspecified atom stereocenters. The van der Waals surface area contributed by atoms with Gasteiger partial charge in [0.05, 0.1) is 19.4 Å². The van der Waals surface area contributed by atoms with Crippen molar-refractivity contribution in [3.8, 4) is 5.75 Å². The molecule has 27 heavy (non-hydrogen) atoms. The predicted molar refractivity (Wildman–Crippen MR) is 114 cm³/mol. The average molecular weight is 491 g/mol. The van der Waals surface area contributed by atoms with Gasteiger partial charge in [-0.05, 0) is 45.0 Å². The zero-order valence-electron chi connectivity index (χ0n) is 15.7. The lowest BCUT2D eigenvalue weighted by molar-refractivity contribution is 0.0437. The van der Waals surface area contributed by atoms with Gasteiger partial charge in [-0.15, -0.1) is 24.0 Å². The van der Waals surface area contributed by atoms with Gasteiger partial charge in [-0.25, -0.2) is 9.38 Å². The predicted octanol–water partition coefficient (Wildman–Crippen LogP) is 3.27. The summed E-state index contributed by atoms with van der Waals surface area (Å²) in [5, 5.41) is 16.7. The molecule has 0 saturated heterocycles. The second kappa shape index (κ2) is 11.1. The molecule has 8 heteroatoms. The summed E-state index contributed by atoms with van der Waals surface area (Å²) in [5.41, 5.74) is -1.21. The highest BCUT2D eigenvalue weighted by Gasteiger charge is 2.26. The molecule has 0 aliphatic heterocycles. The first-order valence-electron chi connectivity index (χ1n) is 8.62. The van der Waals surface area contributed by atoms with Crippen LogP contribution in [0.4, 0.5) is 4.39 Å². The highest BCUT2D eigenvalue weighted by Crippen LogP contribution is 2.21. The second-order valence-corrected chi connectivity index (χ2v) is 6.19. The molecular formula is C19H27FIN3O3. The lowest BCUT2D eigenvalue weighted by atomic mass is 10.0. The van der Waals surface area contributed by atoms with Crippen molar-refractivity contribution in [3.63, 3.8) is 0 Å². The number of nitrogens with one attached hydrogen (secondary N) is 2. The molecule has 2 atom stereocenters. The van der Waals surface area contributed by atoms with Gasteiger partial charge >= 0.3 is 0 Å². The molecule has 0 bridgehead atoms. The van der Waals surface area contributed by atoms with E-state index in [4.69, 9.17) is 9.15 Å². The van der Waals surface area contributed by atoms with Crippen molar-refractivity contribution >= 4 is 29.9 Å². The third-order valence-electron chi connectivity index (χ3n) is 3.66. The summed E-state index contributed by atoms with van der Waals surface area (Å²) in [7, 11) is 0. The SMILES string of the molecule is CCNC(=NCC(C)(O)c1ccco1)NCC(C)Oc1ccccc1F.I. The molecule has 0 aliphatic rings. The van der Waals surface area contributed by atoms with Gasteiger partial charge in [-0.2, -0.15) is 0 Å². The van der Waals surface area contributed by atoms with Gasteiger partial charge in [-0.1, -0.05) is 12.1 Å². The van der Waals surface area contributed by atoms with Crippen LogP contribution in [0.1, 0.15) is 26.5 Å². The minimum atomic E-state index is -1.21. The molecule has 0 amide bonds. The molecule has 150 valence electrons. The zero-order chi connectivity index (χ0) is 19.0. The highest BCUT2D eigenvalue weighted by atomic mass is 127. The number of aliphatic hydroxyl groups is 1. The quantitative estimate of drug-likeness (QED) is 0.300. The van der Waals surface area contributed by atoms with Gasteiger partial charge in [0.25, 0.3) is 0 Å². The van der Waals surface area contributed by atoms with E-state index in [1.165, 1.54) is 12.3 Å². The number of rotatable bonds is 8. The lowest BCUT2D eigenvalue weighted by Crippen LogP contribution is -2.42. The van der Waals surface area contributed by atoms with Crippen LogP contribution in [0.25, 0.3) is 0 Å². The fraction of sp³-hybridized carbons (Fsp3) is 0.421. The number of ether oxygens (including phenoxy) is 1. The molecule has 0 aliphatic carbocycles. The molecule has 2 aromatic rings. The first kappa shape index (κ1) is 23.2. The van der Waals surface area contributed by atoms with Gasteiger partial charge in [0.1, 0.15) is 17.5 Å². The Bertz CT molecular complexity index is 708. The second-order valence-electron chi connectivity index (χ2n) is 6.19. The standard InChI is InChI=1S/C19H26FN3O3.HI/c1-4-21-18(23-13-19(3,24)17-10-7-11-25-17)22-12-14(2)26-16-9-6-5-8-15(16)20;/h5-11,14,24H,4,12-13H2,1-3H3,(H2,21,22,23);1H. The van der Waals surface area contributed by atoms with E-state index < -0.39 is 11.4 Å². The van der Waals surface area contributed by atoms with E-state index in [2.05, 4.69) is 15.6 Å². The largest absolute Gasteiger partial charge is 0.486 e. The van der Waals surface area contributed by atoms with E-state index in [0.717, 1.165) is 0 Å². The molecule has 0 spiro atoms. The van der Waals surface area contributed by atoms with Crippen molar-refractivity contribution in [2.45, 2.75) is 32.5 Å². The van der Waals surface area contributed by atoms with Crippen LogP contribution < -0.4 is 15.4 Å². The highest BCUT2D eigenvalue weighted by molar-refractivity contribution is 14.0. The van der Waals surface area contributed by atoms with Crippen LogP contribution in [0.3, 0.4) is 0 Å². The number of hydrogen-bond acceptors (Lipinski definition) is 4. The number of aliphatic imine (C=N–C) groups is 1. The van der Waals surface area contributed by atoms with E-state index in [1.807, 2.05) is 13.8 Å². The normalized spacial score (nSPS) is 14.6. The molecular weight excluding hydrogens is 464 g/mol. The smallest absolute Gasteiger partial charge is 0.191 e. The van der Waals surface area contributed by atoms with Gasteiger partial charge in [-0.3, -0.25) is 0 Å². The van der Waals surface area contributed by atoms with Crippen LogP contribution in [0, 0.1) is 5.82 Å². The first-order chi connectivity index (χ1) is 12.4. The number of benzene rings is 1. The number of guanidine groups is 1. The summed E-state index contributed by atoms with van der Waals surface area (Å²) in [6.07, 6.45) is 1.24. The monoisotopic (exact) mass is 491 g/mol. The van der Waals surface area contributed by atoms with Gasteiger partial charge in [0, 0.05) is 6.54 Å². The fourth-order valence-electron chi connectivity index (χ4n) is 2.28. The third kappa shape index (κ3) is 7.37. The summed E-state index contributed by atoms with van der Waals surface area (Å²) in [4.78, 5) is 4.39. The van der Waals surface area contributed by atoms with Crippen LogP contribution in [-0.2, 0) is 5.60 Å². The Kier molecular flexibility index (Phi) is 9.57. The minimum Gasteiger partial charge on any atom is -0.486 e. The van der Waals surface area contributed by atoms with Crippen molar-refractivity contribution < 1.29 is 18.7 Å².